The first-order chi connectivity index (χ1) is 5.59. The lowest BCUT2D eigenvalue weighted by atomic mass is 10.1. The Morgan fingerprint density at radius 2 is 2.17 bits per heavy atom. The highest BCUT2D eigenvalue weighted by Crippen LogP contribution is 2.17. The minimum atomic E-state index is -0.0153. The standard InChI is InChI=1S/C8H12N2OS/c1-5-6(7(11)8(5)12)10(2)4-3-9/h3-4,9H2,1-2H3. The lowest BCUT2D eigenvalue weighted by Gasteiger charge is -2.21. The summed E-state index contributed by atoms with van der Waals surface area (Å²) in [7, 11) is 1.85. The first-order valence-electron chi connectivity index (χ1n) is 3.80. The van der Waals surface area contributed by atoms with E-state index in [9.17, 15) is 4.79 Å². The topological polar surface area (TPSA) is 46.3 Å². The molecule has 0 spiro atoms. The highest BCUT2D eigenvalue weighted by Gasteiger charge is 2.16. The Morgan fingerprint density at radius 3 is 2.58 bits per heavy atom. The van der Waals surface area contributed by atoms with Gasteiger partial charge in [0.1, 0.15) is 0 Å². The number of nitrogens with two attached hydrogens (primary N) is 1. The van der Waals surface area contributed by atoms with Crippen LogP contribution in [0.1, 0.15) is 5.56 Å². The van der Waals surface area contributed by atoms with Crippen LogP contribution < -0.4 is 16.1 Å². The van der Waals surface area contributed by atoms with Gasteiger partial charge in [-0.3, -0.25) is 4.79 Å². The van der Waals surface area contributed by atoms with Crippen LogP contribution in [0.15, 0.2) is 4.79 Å². The van der Waals surface area contributed by atoms with Crippen LogP contribution in [0.5, 0.6) is 0 Å². The molecule has 0 fully saturated rings. The lowest BCUT2D eigenvalue weighted by Crippen LogP contribution is -2.32. The van der Waals surface area contributed by atoms with Crippen LogP contribution in [0.3, 0.4) is 0 Å². The molecule has 0 unspecified atom stereocenters. The Bertz CT molecular complexity index is 352. The van der Waals surface area contributed by atoms with Gasteiger partial charge in [0, 0.05) is 20.1 Å². The molecule has 1 rings (SSSR count). The molecule has 0 amide bonds. The summed E-state index contributed by atoms with van der Waals surface area (Å²) in [5.41, 5.74) is 7.00. The smallest absolute Gasteiger partial charge is 0.220 e. The van der Waals surface area contributed by atoms with Gasteiger partial charge in [0.2, 0.25) is 5.43 Å². The van der Waals surface area contributed by atoms with E-state index in [1.807, 2.05) is 18.9 Å². The van der Waals surface area contributed by atoms with Crippen molar-refractivity contribution in [2.24, 2.45) is 5.73 Å². The molecule has 1 aromatic carbocycles. The van der Waals surface area contributed by atoms with Crippen molar-refractivity contribution in [3.63, 3.8) is 0 Å². The average Bonchev–Trinajstić information content (AvgIpc) is 2.05. The maximum atomic E-state index is 11.2. The van der Waals surface area contributed by atoms with E-state index in [1.165, 1.54) is 0 Å². The molecule has 0 radical (unpaired) electrons. The molecule has 0 aliphatic carbocycles. The van der Waals surface area contributed by atoms with Crippen molar-refractivity contribution in [1.82, 2.24) is 0 Å². The quantitative estimate of drug-likeness (QED) is 0.689. The Kier molecular flexibility index (Phi) is 2.59. The molecule has 4 heteroatoms. The predicted molar refractivity (Wildman–Crippen MR) is 53.0 cm³/mol. The zero-order chi connectivity index (χ0) is 9.30. The Hall–Kier alpha value is -0.740. The molecule has 0 bridgehead atoms. The predicted octanol–water partition coefficient (Wildman–Crippen LogP) is 0.355. The first kappa shape index (κ1) is 9.35. The Morgan fingerprint density at radius 1 is 1.58 bits per heavy atom. The molecule has 0 saturated heterocycles. The summed E-state index contributed by atoms with van der Waals surface area (Å²) in [6, 6.07) is 0. The SMILES string of the molecule is Cc1c(N(C)CCN)c(=O)c1=S. The lowest BCUT2D eigenvalue weighted by molar-refractivity contribution is 0.872. The molecule has 3 nitrogen and oxygen atoms in total. The number of likely N-dealkylation sites (N-methyl/N-ethyl adjacent to an activating group) is 1. The van der Waals surface area contributed by atoms with Crippen molar-refractivity contribution in [1.29, 1.82) is 0 Å². The van der Waals surface area contributed by atoms with Crippen molar-refractivity contribution in [2.45, 2.75) is 6.92 Å². The number of hydrogen-bond acceptors (Lipinski definition) is 4. The van der Waals surface area contributed by atoms with Gasteiger partial charge in [-0.25, -0.2) is 0 Å². The molecule has 12 heavy (non-hydrogen) atoms. The van der Waals surface area contributed by atoms with E-state index in [0.29, 0.717) is 17.6 Å². The van der Waals surface area contributed by atoms with Crippen LogP contribution in [0.4, 0.5) is 5.69 Å². The van der Waals surface area contributed by atoms with Crippen molar-refractivity contribution >= 4 is 17.9 Å². The molecule has 0 heterocycles. The fourth-order valence-electron chi connectivity index (χ4n) is 1.26. The molecule has 0 aliphatic heterocycles. The van der Waals surface area contributed by atoms with E-state index in [0.717, 1.165) is 11.3 Å². The van der Waals surface area contributed by atoms with Gasteiger partial charge in [0.15, 0.2) is 0 Å². The second kappa shape index (κ2) is 3.33. The van der Waals surface area contributed by atoms with Crippen molar-refractivity contribution in [2.75, 3.05) is 25.0 Å². The third-order valence-electron chi connectivity index (χ3n) is 1.96. The van der Waals surface area contributed by atoms with Crippen molar-refractivity contribution in [3.05, 3.63) is 20.3 Å². The van der Waals surface area contributed by atoms with E-state index in [4.69, 9.17) is 18.0 Å². The van der Waals surface area contributed by atoms with Gasteiger partial charge in [-0.1, -0.05) is 12.2 Å². The third kappa shape index (κ3) is 1.28. The molecule has 1 aromatic rings. The molecular weight excluding hydrogens is 172 g/mol. The zero-order valence-corrected chi connectivity index (χ0v) is 8.07. The highest BCUT2D eigenvalue weighted by atomic mass is 32.1. The van der Waals surface area contributed by atoms with Crippen LogP contribution in [-0.4, -0.2) is 20.1 Å². The van der Waals surface area contributed by atoms with Gasteiger partial charge < -0.3 is 10.6 Å². The second-order valence-electron chi connectivity index (χ2n) is 2.84. The molecule has 2 N–H and O–H groups in total. The minimum absolute atomic E-state index is 0.0153. The average molecular weight is 184 g/mol. The van der Waals surface area contributed by atoms with Gasteiger partial charge in [-0.05, 0) is 12.5 Å². The van der Waals surface area contributed by atoms with Crippen molar-refractivity contribution < 1.29 is 0 Å². The van der Waals surface area contributed by atoms with Crippen LogP contribution in [-0.2, 0) is 0 Å². The summed E-state index contributed by atoms with van der Waals surface area (Å²) in [5, 5.41) is 0. The van der Waals surface area contributed by atoms with Crippen LogP contribution >= 0.6 is 12.2 Å². The molecule has 0 atom stereocenters. The van der Waals surface area contributed by atoms with Gasteiger partial charge in [-0.15, -0.1) is 0 Å². The monoisotopic (exact) mass is 184 g/mol. The number of anilines is 1. The fraction of sp³-hybridized carbons (Fsp3) is 0.500. The van der Waals surface area contributed by atoms with Crippen LogP contribution in [0, 0.1) is 11.4 Å². The second-order valence-corrected chi connectivity index (χ2v) is 3.25. The van der Waals surface area contributed by atoms with E-state index >= 15 is 0 Å². The summed E-state index contributed by atoms with van der Waals surface area (Å²) in [6.07, 6.45) is 0. The zero-order valence-electron chi connectivity index (χ0n) is 7.26. The molecule has 0 saturated carbocycles. The van der Waals surface area contributed by atoms with Gasteiger partial charge in [-0.2, -0.15) is 0 Å². The minimum Gasteiger partial charge on any atom is -0.370 e. The van der Waals surface area contributed by atoms with E-state index < -0.39 is 0 Å². The summed E-state index contributed by atoms with van der Waals surface area (Å²) < 4.78 is 0.467. The summed E-state index contributed by atoms with van der Waals surface area (Å²) in [4.78, 5) is 13.1. The summed E-state index contributed by atoms with van der Waals surface area (Å²) >= 11 is 4.84. The number of hydrogen-bond donors (Lipinski definition) is 1. The first-order valence-corrected chi connectivity index (χ1v) is 4.21. The van der Waals surface area contributed by atoms with E-state index in [2.05, 4.69) is 0 Å². The summed E-state index contributed by atoms with van der Waals surface area (Å²) in [5.74, 6) is 0. The maximum Gasteiger partial charge on any atom is 0.220 e. The molecular formula is C8H12N2OS. The van der Waals surface area contributed by atoms with Crippen LogP contribution in [0.2, 0.25) is 0 Å². The number of rotatable bonds is 3. The van der Waals surface area contributed by atoms with Gasteiger partial charge in [0.05, 0.1) is 10.2 Å². The molecule has 0 aliphatic rings. The van der Waals surface area contributed by atoms with Gasteiger partial charge >= 0.3 is 0 Å². The Labute approximate surface area is 76.5 Å². The highest BCUT2D eigenvalue weighted by molar-refractivity contribution is 7.71. The summed E-state index contributed by atoms with van der Waals surface area (Å²) in [6.45, 7) is 3.11. The van der Waals surface area contributed by atoms with E-state index in [-0.39, 0.29) is 5.43 Å². The van der Waals surface area contributed by atoms with Crippen molar-refractivity contribution in [3.8, 4) is 0 Å². The van der Waals surface area contributed by atoms with Crippen LogP contribution in [0.25, 0.3) is 0 Å². The largest absolute Gasteiger partial charge is 0.370 e. The fourth-order valence-corrected chi connectivity index (χ4v) is 1.45. The number of nitrogens with zero attached hydrogens (tertiary/aromatic N) is 1. The van der Waals surface area contributed by atoms with Gasteiger partial charge in [0.25, 0.3) is 0 Å². The molecule has 66 valence electrons. The third-order valence-corrected chi connectivity index (χ3v) is 2.45. The maximum absolute atomic E-state index is 11.2. The molecule has 0 aromatic heterocycles. The van der Waals surface area contributed by atoms with E-state index in [1.54, 1.807) is 0 Å². The Balaban J connectivity index is 2.91. The normalized spacial score (nSPS) is 10.6.